The van der Waals surface area contributed by atoms with Crippen molar-refractivity contribution in [3.05, 3.63) is 124 Å². The third-order valence-corrected chi connectivity index (χ3v) is 7.68. The van der Waals surface area contributed by atoms with E-state index in [1.54, 1.807) is 6.07 Å². The fraction of sp³-hybridized carbons (Fsp3) is 0.344. The summed E-state index contributed by atoms with van der Waals surface area (Å²) in [5.41, 5.74) is 3.88. The summed E-state index contributed by atoms with van der Waals surface area (Å²) in [7, 11) is 0. The predicted octanol–water partition coefficient (Wildman–Crippen LogP) is 5.86. The number of aliphatic hydroxyl groups is 1. The number of ether oxygens (including phenoxy) is 2. The minimum Gasteiger partial charge on any atom is -0.488 e. The van der Waals surface area contributed by atoms with Crippen LogP contribution in [0.15, 0.2) is 101 Å². The van der Waals surface area contributed by atoms with Gasteiger partial charge in [-0.05, 0) is 56.7 Å². The number of benzene rings is 2. The predicted molar refractivity (Wildman–Crippen MR) is 148 cm³/mol. The van der Waals surface area contributed by atoms with Crippen molar-refractivity contribution < 1.29 is 14.6 Å². The SMILES string of the molecule is CC1=C(OCc2ccccc2)C(O)C=CN1C1CCC(n2ccc(=O)c(OCc3ccccc3)c2C)CC1. The summed E-state index contributed by atoms with van der Waals surface area (Å²) in [6, 6.07) is 22.2. The molecule has 6 nitrogen and oxygen atoms in total. The lowest BCUT2D eigenvalue weighted by atomic mass is 9.89. The van der Waals surface area contributed by atoms with Crippen molar-refractivity contribution in [1.82, 2.24) is 9.47 Å². The van der Waals surface area contributed by atoms with Gasteiger partial charge >= 0.3 is 0 Å². The molecule has 3 aromatic rings. The van der Waals surface area contributed by atoms with E-state index in [9.17, 15) is 9.90 Å². The lowest BCUT2D eigenvalue weighted by molar-refractivity contribution is 0.0955. The van der Waals surface area contributed by atoms with Crippen LogP contribution in [0.1, 0.15) is 55.5 Å². The monoisotopic (exact) mass is 512 g/mol. The van der Waals surface area contributed by atoms with E-state index in [4.69, 9.17) is 9.47 Å². The molecule has 0 radical (unpaired) electrons. The summed E-state index contributed by atoms with van der Waals surface area (Å²) in [6.45, 7) is 4.81. The van der Waals surface area contributed by atoms with Crippen molar-refractivity contribution in [3.8, 4) is 5.75 Å². The van der Waals surface area contributed by atoms with Crippen LogP contribution in [0.5, 0.6) is 5.75 Å². The van der Waals surface area contributed by atoms with Crippen LogP contribution in [-0.2, 0) is 18.0 Å². The van der Waals surface area contributed by atoms with Crippen LogP contribution < -0.4 is 10.2 Å². The molecule has 1 saturated carbocycles. The lowest BCUT2D eigenvalue weighted by Gasteiger charge is -2.40. The summed E-state index contributed by atoms with van der Waals surface area (Å²) >= 11 is 0. The molecule has 0 amide bonds. The summed E-state index contributed by atoms with van der Waals surface area (Å²) in [5.74, 6) is 1.06. The van der Waals surface area contributed by atoms with Crippen molar-refractivity contribution in [1.29, 1.82) is 0 Å². The number of hydrogen-bond donors (Lipinski definition) is 1. The highest BCUT2D eigenvalue weighted by Crippen LogP contribution is 2.36. The molecule has 198 valence electrons. The molecule has 1 aliphatic heterocycles. The summed E-state index contributed by atoms with van der Waals surface area (Å²) in [6.07, 6.45) is 8.97. The van der Waals surface area contributed by atoms with Crippen LogP contribution in [0.4, 0.5) is 0 Å². The van der Waals surface area contributed by atoms with Crippen molar-refractivity contribution >= 4 is 0 Å². The van der Waals surface area contributed by atoms with Crippen LogP contribution >= 0.6 is 0 Å². The smallest absolute Gasteiger partial charge is 0.223 e. The van der Waals surface area contributed by atoms with Gasteiger partial charge in [0.05, 0.1) is 11.4 Å². The molecular weight excluding hydrogens is 476 g/mol. The molecule has 2 heterocycles. The first-order chi connectivity index (χ1) is 18.5. The molecule has 2 aromatic carbocycles. The van der Waals surface area contributed by atoms with Crippen LogP contribution in [0.2, 0.25) is 0 Å². The number of pyridine rings is 1. The first-order valence-electron chi connectivity index (χ1n) is 13.4. The van der Waals surface area contributed by atoms with E-state index in [-0.39, 0.29) is 5.43 Å². The molecule has 1 N–H and O–H groups in total. The topological polar surface area (TPSA) is 63.9 Å². The van der Waals surface area contributed by atoms with E-state index in [2.05, 4.69) is 9.47 Å². The zero-order valence-electron chi connectivity index (χ0n) is 22.1. The van der Waals surface area contributed by atoms with Crippen LogP contribution in [0.25, 0.3) is 0 Å². The Kier molecular flexibility index (Phi) is 7.99. The largest absolute Gasteiger partial charge is 0.488 e. The Morgan fingerprint density at radius 3 is 2.03 bits per heavy atom. The van der Waals surface area contributed by atoms with Crippen molar-refractivity contribution in [2.75, 3.05) is 0 Å². The lowest BCUT2D eigenvalue weighted by Crippen LogP contribution is -2.37. The quantitative estimate of drug-likeness (QED) is 0.410. The van der Waals surface area contributed by atoms with Crippen molar-refractivity contribution in [2.24, 2.45) is 0 Å². The average Bonchev–Trinajstić information content (AvgIpc) is 2.94. The van der Waals surface area contributed by atoms with Crippen LogP contribution in [0.3, 0.4) is 0 Å². The summed E-state index contributed by atoms with van der Waals surface area (Å²) in [4.78, 5) is 14.9. The van der Waals surface area contributed by atoms with Crippen LogP contribution in [-0.4, -0.2) is 26.7 Å². The molecule has 1 unspecified atom stereocenters. The van der Waals surface area contributed by atoms with Gasteiger partial charge in [0, 0.05) is 30.5 Å². The van der Waals surface area contributed by atoms with E-state index in [0.717, 1.165) is 48.2 Å². The first kappa shape index (κ1) is 25.9. The van der Waals surface area contributed by atoms with Gasteiger partial charge in [-0.1, -0.05) is 60.7 Å². The van der Waals surface area contributed by atoms with Gasteiger partial charge in [-0.25, -0.2) is 0 Å². The number of aromatic nitrogens is 1. The maximum Gasteiger partial charge on any atom is 0.223 e. The number of nitrogens with zero attached hydrogens (tertiary/aromatic N) is 2. The summed E-state index contributed by atoms with van der Waals surface area (Å²) in [5, 5.41) is 10.6. The number of hydrogen-bond acceptors (Lipinski definition) is 5. The molecule has 6 heteroatoms. The van der Waals surface area contributed by atoms with Crippen molar-refractivity contribution in [2.45, 2.75) is 70.9 Å². The van der Waals surface area contributed by atoms with Gasteiger partial charge in [0.15, 0.2) is 5.75 Å². The third kappa shape index (κ3) is 5.70. The fourth-order valence-electron chi connectivity index (χ4n) is 5.58. The summed E-state index contributed by atoms with van der Waals surface area (Å²) < 4.78 is 14.3. The third-order valence-electron chi connectivity index (χ3n) is 7.68. The van der Waals surface area contributed by atoms with E-state index < -0.39 is 6.10 Å². The van der Waals surface area contributed by atoms with Gasteiger partial charge in [0.1, 0.15) is 25.1 Å². The Morgan fingerprint density at radius 2 is 1.39 bits per heavy atom. The van der Waals surface area contributed by atoms with Crippen LogP contribution in [0, 0.1) is 6.92 Å². The van der Waals surface area contributed by atoms with E-state index in [1.165, 1.54) is 0 Å². The number of rotatable bonds is 8. The molecule has 5 rings (SSSR count). The Bertz CT molecular complexity index is 1340. The highest BCUT2D eigenvalue weighted by Gasteiger charge is 2.31. The molecule has 0 spiro atoms. The van der Waals surface area contributed by atoms with Gasteiger partial charge in [-0.2, -0.15) is 0 Å². The molecule has 1 aliphatic carbocycles. The zero-order valence-corrected chi connectivity index (χ0v) is 22.1. The van der Waals surface area contributed by atoms with Gasteiger partial charge in [-0.15, -0.1) is 0 Å². The van der Waals surface area contributed by atoms with E-state index in [0.29, 0.717) is 36.8 Å². The maximum atomic E-state index is 12.6. The first-order valence-corrected chi connectivity index (χ1v) is 13.4. The van der Waals surface area contributed by atoms with Gasteiger partial charge in [0.25, 0.3) is 0 Å². The Balaban J connectivity index is 1.24. The molecule has 0 bridgehead atoms. The Morgan fingerprint density at radius 1 is 0.816 bits per heavy atom. The van der Waals surface area contributed by atoms with Crippen molar-refractivity contribution in [3.63, 3.8) is 0 Å². The fourth-order valence-corrected chi connectivity index (χ4v) is 5.58. The Hall–Kier alpha value is -3.77. The molecule has 0 saturated heterocycles. The minimum atomic E-state index is -0.732. The minimum absolute atomic E-state index is 0.0795. The molecule has 1 fully saturated rings. The Labute approximate surface area is 224 Å². The van der Waals surface area contributed by atoms with Gasteiger partial charge in [0.2, 0.25) is 5.43 Å². The second-order valence-electron chi connectivity index (χ2n) is 10.2. The number of aliphatic hydroxyl groups excluding tert-OH is 1. The second kappa shape index (κ2) is 11.7. The number of allylic oxidation sites excluding steroid dienone is 1. The normalized spacial score (nSPS) is 21.4. The van der Waals surface area contributed by atoms with E-state index >= 15 is 0 Å². The molecule has 2 aliphatic rings. The molecule has 1 atom stereocenters. The average molecular weight is 513 g/mol. The van der Waals surface area contributed by atoms with Gasteiger partial charge in [-0.3, -0.25) is 4.79 Å². The van der Waals surface area contributed by atoms with E-state index in [1.807, 2.05) is 93.0 Å². The van der Waals surface area contributed by atoms with Gasteiger partial charge < -0.3 is 24.0 Å². The maximum absolute atomic E-state index is 12.6. The second-order valence-corrected chi connectivity index (χ2v) is 10.2. The highest BCUT2D eigenvalue weighted by molar-refractivity contribution is 5.29. The molecule has 1 aromatic heterocycles. The molecule has 38 heavy (non-hydrogen) atoms. The standard InChI is InChI=1S/C32H36N2O4/c1-23-31(37-21-25-9-5-3-6-10-25)29(35)17-19-33(23)27-13-15-28(16-14-27)34-20-18-30(36)32(24(34)2)38-22-26-11-7-4-8-12-26/h3-12,17-20,27-29,35H,13-16,21-22H2,1-2H3. The molecular formula is C32H36N2O4. The highest BCUT2D eigenvalue weighted by atomic mass is 16.5. The zero-order chi connectivity index (χ0) is 26.5.